The van der Waals surface area contributed by atoms with E-state index in [-0.39, 0.29) is 11.2 Å². The van der Waals surface area contributed by atoms with Gasteiger partial charge in [-0.05, 0) is 24.3 Å². The van der Waals surface area contributed by atoms with Gasteiger partial charge in [0.05, 0.1) is 18.3 Å². The summed E-state index contributed by atoms with van der Waals surface area (Å²) in [6, 6.07) is 11.5. The van der Waals surface area contributed by atoms with Crippen molar-refractivity contribution < 1.29 is 9.13 Å². The fourth-order valence-corrected chi connectivity index (χ4v) is 2.11. The summed E-state index contributed by atoms with van der Waals surface area (Å²) >= 11 is 0. The van der Waals surface area contributed by atoms with Crippen LogP contribution in [-0.2, 0) is 0 Å². The molecule has 0 aliphatic carbocycles. The van der Waals surface area contributed by atoms with Crippen molar-refractivity contribution >= 4 is 11.0 Å². The quantitative estimate of drug-likeness (QED) is 0.767. The third-order valence-corrected chi connectivity index (χ3v) is 2.97. The number of H-pyrrole nitrogens is 1. The number of nitrogens with one attached hydrogen (secondary N) is 1. The highest BCUT2D eigenvalue weighted by molar-refractivity contribution is 5.78. The fourth-order valence-electron chi connectivity index (χ4n) is 2.11. The van der Waals surface area contributed by atoms with Crippen molar-refractivity contribution in [1.29, 1.82) is 0 Å². The van der Waals surface area contributed by atoms with Crippen LogP contribution >= 0.6 is 0 Å². The summed E-state index contributed by atoms with van der Waals surface area (Å²) in [5.41, 5.74) is 0.877. The molecule has 0 saturated heterocycles. The Balaban J connectivity index is 2.35. The van der Waals surface area contributed by atoms with Crippen LogP contribution in [0.1, 0.15) is 0 Å². The van der Waals surface area contributed by atoms with E-state index in [1.54, 1.807) is 36.4 Å². The normalized spacial score (nSPS) is 10.8. The molecule has 0 bridgehead atoms. The summed E-state index contributed by atoms with van der Waals surface area (Å²) in [4.78, 5) is 14.6. The van der Waals surface area contributed by atoms with Crippen LogP contribution in [0.25, 0.3) is 16.7 Å². The molecule has 0 amide bonds. The Morgan fingerprint density at radius 3 is 2.79 bits per heavy atom. The van der Waals surface area contributed by atoms with Gasteiger partial charge in [0.2, 0.25) is 0 Å². The average molecular weight is 258 g/mol. The molecular weight excluding hydrogens is 247 g/mol. The number of halogens is 1. The zero-order valence-electron chi connectivity index (χ0n) is 10.2. The Bertz CT molecular complexity index is 805. The van der Waals surface area contributed by atoms with Crippen molar-refractivity contribution in [3.8, 4) is 11.4 Å². The van der Waals surface area contributed by atoms with E-state index < -0.39 is 5.82 Å². The second-order valence-electron chi connectivity index (χ2n) is 4.10. The topological polar surface area (TPSA) is 47.0 Å². The molecule has 0 saturated carbocycles. The predicted octanol–water partition coefficient (Wildman–Crippen LogP) is 2.47. The Hall–Kier alpha value is -2.56. The number of fused-ring (bicyclic) bond motifs is 1. The molecule has 0 atom stereocenters. The summed E-state index contributed by atoms with van der Waals surface area (Å²) in [6.45, 7) is 0. The zero-order chi connectivity index (χ0) is 13.4. The summed E-state index contributed by atoms with van der Waals surface area (Å²) in [6.07, 6.45) is 0. The van der Waals surface area contributed by atoms with Gasteiger partial charge in [-0.2, -0.15) is 0 Å². The van der Waals surface area contributed by atoms with E-state index >= 15 is 0 Å². The maximum absolute atomic E-state index is 13.9. The molecule has 0 unspecified atom stereocenters. The first-order chi connectivity index (χ1) is 9.20. The molecule has 2 aromatic carbocycles. The lowest BCUT2D eigenvalue weighted by atomic mass is 10.2. The molecule has 19 heavy (non-hydrogen) atoms. The molecule has 3 rings (SSSR count). The van der Waals surface area contributed by atoms with Gasteiger partial charge in [-0.15, -0.1) is 0 Å². The molecule has 5 heteroatoms. The lowest BCUT2D eigenvalue weighted by Crippen LogP contribution is -2.14. The van der Waals surface area contributed by atoms with E-state index in [0.717, 1.165) is 0 Å². The number of hydrogen-bond acceptors (Lipinski definition) is 2. The van der Waals surface area contributed by atoms with Crippen LogP contribution in [0.5, 0.6) is 5.75 Å². The van der Waals surface area contributed by atoms with Crippen molar-refractivity contribution in [2.75, 3.05) is 7.11 Å². The predicted molar refractivity (Wildman–Crippen MR) is 70.4 cm³/mol. The summed E-state index contributed by atoms with van der Waals surface area (Å²) in [5, 5.41) is 0. The van der Waals surface area contributed by atoms with E-state index in [9.17, 15) is 9.18 Å². The van der Waals surface area contributed by atoms with Gasteiger partial charge in [-0.25, -0.2) is 9.18 Å². The molecular formula is C14H11FN2O2. The van der Waals surface area contributed by atoms with Gasteiger partial charge in [-0.1, -0.05) is 12.1 Å². The highest BCUT2D eigenvalue weighted by Crippen LogP contribution is 2.21. The lowest BCUT2D eigenvalue weighted by molar-refractivity contribution is 0.414. The van der Waals surface area contributed by atoms with Crippen molar-refractivity contribution in [2.45, 2.75) is 0 Å². The molecule has 4 nitrogen and oxygen atoms in total. The molecule has 0 spiro atoms. The second kappa shape index (κ2) is 4.28. The number of hydrogen-bond donors (Lipinski definition) is 1. The molecule has 0 aliphatic rings. The molecule has 1 aromatic heterocycles. The number of benzene rings is 2. The first-order valence-electron chi connectivity index (χ1n) is 5.74. The maximum Gasteiger partial charge on any atom is 0.331 e. The molecule has 3 aromatic rings. The molecule has 1 N–H and O–H groups in total. The third kappa shape index (κ3) is 1.79. The third-order valence-electron chi connectivity index (χ3n) is 2.97. The minimum absolute atomic E-state index is 0.237. The van der Waals surface area contributed by atoms with E-state index in [1.807, 2.05) is 0 Å². The van der Waals surface area contributed by atoms with Gasteiger partial charge in [0.1, 0.15) is 17.1 Å². The smallest absolute Gasteiger partial charge is 0.331 e. The lowest BCUT2D eigenvalue weighted by Gasteiger charge is -2.06. The van der Waals surface area contributed by atoms with Crippen LogP contribution in [0, 0.1) is 5.82 Å². The number of methoxy groups -OCH3 is 1. The van der Waals surface area contributed by atoms with Crippen LogP contribution in [-0.4, -0.2) is 16.7 Å². The average Bonchev–Trinajstić information content (AvgIpc) is 2.76. The van der Waals surface area contributed by atoms with Crippen LogP contribution in [0.15, 0.2) is 47.3 Å². The fraction of sp³-hybridized carbons (Fsp3) is 0.0714. The van der Waals surface area contributed by atoms with Gasteiger partial charge in [-0.3, -0.25) is 4.57 Å². The maximum atomic E-state index is 13.9. The number of imidazole rings is 1. The molecule has 96 valence electrons. The van der Waals surface area contributed by atoms with Crippen LogP contribution in [0.3, 0.4) is 0 Å². The monoisotopic (exact) mass is 258 g/mol. The van der Waals surface area contributed by atoms with E-state index in [0.29, 0.717) is 17.0 Å². The van der Waals surface area contributed by atoms with E-state index in [2.05, 4.69) is 4.98 Å². The Labute approximate surface area is 108 Å². The molecule has 0 radical (unpaired) electrons. The van der Waals surface area contributed by atoms with E-state index in [1.165, 1.54) is 17.7 Å². The molecule has 1 heterocycles. The van der Waals surface area contributed by atoms with Crippen LogP contribution in [0.2, 0.25) is 0 Å². The minimum atomic E-state index is -0.446. The largest absolute Gasteiger partial charge is 0.497 e. The first kappa shape index (κ1) is 11.5. The second-order valence-corrected chi connectivity index (χ2v) is 4.10. The highest BCUT2D eigenvalue weighted by atomic mass is 19.1. The summed E-state index contributed by atoms with van der Waals surface area (Å²) in [7, 11) is 1.54. The number of nitrogens with zero attached hydrogens (tertiary/aromatic N) is 1. The molecule has 0 aliphatic heterocycles. The van der Waals surface area contributed by atoms with Crippen LogP contribution < -0.4 is 10.4 Å². The Morgan fingerprint density at radius 1 is 1.21 bits per heavy atom. The SMILES string of the molecule is COc1cccc(-n2c(=O)[nH]c3cccc(F)c32)c1. The first-order valence-corrected chi connectivity index (χ1v) is 5.74. The Morgan fingerprint density at radius 2 is 2.00 bits per heavy atom. The number of aromatic nitrogens is 2. The van der Waals surface area contributed by atoms with Gasteiger partial charge in [0, 0.05) is 6.07 Å². The van der Waals surface area contributed by atoms with Crippen molar-refractivity contribution in [3.63, 3.8) is 0 Å². The Kier molecular flexibility index (Phi) is 2.59. The summed E-state index contributed by atoms with van der Waals surface area (Å²) in [5.74, 6) is 0.161. The van der Waals surface area contributed by atoms with Gasteiger partial charge in [0.25, 0.3) is 0 Å². The molecule has 0 fully saturated rings. The highest BCUT2D eigenvalue weighted by Gasteiger charge is 2.12. The zero-order valence-corrected chi connectivity index (χ0v) is 10.2. The van der Waals surface area contributed by atoms with Gasteiger partial charge in [0.15, 0.2) is 0 Å². The number of rotatable bonds is 2. The van der Waals surface area contributed by atoms with Crippen molar-refractivity contribution in [1.82, 2.24) is 9.55 Å². The standard InChI is InChI=1S/C14H11FN2O2/c1-19-10-5-2-4-9(8-10)17-13-11(15)6-3-7-12(13)16-14(17)18/h2-8H,1H3,(H,16,18). The number of ether oxygens (including phenoxy) is 1. The van der Waals surface area contributed by atoms with Gasteiger partial charge >= 0.3 is 5.69 Å². The van der Waals surface area contributed by atoms with E-state index in [4.69, 9.17) is 4.74 Å². The van der Waals surface area contributed by atoms with Crippen LogP contribution in [0.4, 0.5) is 4.39 Å². The van der Waals surface area contributed by atoms with Gasteiger partial charge < -0.3 is 9.72 Å². The summed E-state index contributed by atoms with van der Waals surface area (Å²) < 4.78 is 20.3. The van der Waals surface area contributed by atoms with Crippen molar-refractivity contribution in [3.05, 3.63) is 58.8 Å². The van der Waals surface area contributed by atoms with Crippen molar-refractivity contribution in [2.24, 2.45) is 0 Å². The number of para-hydroxylation sites is 1. The minimum Gasteiger partial charge on any atom is -0.497 e. The number of aromatic amines is 1.